The lowest BCUT2D eigenvalue weighted by molar-refractivity contribution is 0.247. The van der Waals surface area contributed by atoms with Crippen molar-refractivity contribution in [1.29, 1.82) is 0 Å². The number of benzene rings is 1. The van der Waals surface area contributed by atoms with Crippen LogP contribution in [0.3, 0.4) is 0 Å². The maximum Gasteiger partial charge on any atom is 0.0955 e. The lowest BCUT2D eigenvalue weighted by Gasteiger charge is -2.13. The van der Waals surface area contributed by atoms with Gasteiger partial charge in [0.15, 0.2) is 0 Å². The van der Waals surface area contributed by atoms with E-state index in [1.54, 1.807) is 0 Å². The maximum atomic E-state index is 9.53. The normalized spacial score (nSPS) is 28.6. The molecule has 1 N–H and O–H groups in total. The van der Waals surface area contributed by atoms with Crippen LogP contribution in [0, 0.1) is 5.92 Å². The first kappa shape index (κ1) is 9.85. The van der Waals surface area contributed by atoms with E-state index in [0.717, 1.165) is 17.5 Å². The first-order valence-corrected chi connectivity index (χ1v) is 5.70. The van der Waals surface area contributed by atoms with Gasteiger partial charge in [-0.1, -0.05) is 13.0 Å². The number of aromatic nitrogens is 2. The first-order valence-electron chi connectivity index (χ1n) is 5.70. The minimum Gasteiger partial charge on any atom is -0.395 e. The third kappa shape index (κ3) is 1.15. The van der Waals surface area contributed by atoms with Crippen LogP contribution >= 0.6 is 0 Å². The van der Waals surface area contributed by atoms with Crippen LogP contribution in [0.4, 0.5) is 0 Å². The Morgan fingerprint density at radius 2 is 2.31 bits per heavy atom. The van der Waals surface area contributed by atoms with Crippen molar-refractivity contribution in [2.75, 3.05) is 6.61 Å². The van der Waals surface area contributed by atoms with Gasteiger partial charge in [-0.05, 0) is 30.0 Å². The topological polar surface area (TPSA) is 38.1 Å². The highest BCUT2D eigenvalue weighted by Crippen LogP contribution is 2.53. The molecular formula is C13H16N2O. The van der Waals surface area contributed by atoms with Gasteiger partial charge >= 0.3 is 0 Å². The third-order valence-corrected chi connectivity index (χ3v) is 4.04. The molecule has 1 heterocycles. The fourth-order valence-corrected chi connectivity index (χ4v) is 2.65. The Morgan fingerprint density at radius 3 is 2.94 bits per heavy atom. The predicted octanol–water partition coefficient (Wildman–Crippen LogP) is 1.84. The van der Waals surface area contributed by atoms with Gasteiger partial charge in [0.25, 0.3) is 0 Å². The maximum absolute atomic E-state index is 9.53. The molecule has 2 atom stereocenters. The van der Waals surface area contributed by atoms with Gasteiger partial charge in [0.1, 0.15) is 0 Å². The molecule has 84 valence electrons. The minimum atomic E-state index is 0.00567. The average molecular weight is 216 g/mol. The van der Waals surface area contributed by atoms with Crippen molar-refractivity contribution in [1.82, 2.24) is 9.55 Å². The summed E-state index contributed by atoms with van der Waals surface area (Å²) in [5.74, 6) is 0.582. The summed E-state index contributed by atoms with van der Waals surface area (Å²) in [6.07, 6.45) is 2.91. The van der Waals surface area contributed by atoms with Gasteiger partial charge in [-0.2, -0.15) is 0 Å². The zero-order valence-corrected chi connectivity index (χ0v) is 9.64. The van der Waals surface area contributed by atoms with Gasteiger partial charge in [0.05, 0.1) is 24.0 Å². The number of nitrogens with zero attached hydrogens (tertiary/aromatic N) is 2. The Bertz CT molecular complexity index is 542. The van der Waals surface area contributed by atoms with Gasteiger partial charge in [0.2, 0.25) is 0 Å². The zero-order valence-electron chi connectivity index (χ0n) is 9.64. The Morgan fingerprint density at radius 1 is 1.56 bits per heavy atom. The number of fused-ring (bicyclic) bond motifs is 1. The van der Waals surface area contributed by atoms with Crippen molar-refractivity contribution in [3.8, 4) is 0 Å². The highest BCUT2D eigenvalue weighted by atomic mass is 16.3. The second-order valence-corrected chi connectivity index (χ2v) is 4.98. The lowest BCUT2D eigenvalue weighted by atomic mass is 9.94. The summed E-state index contributed by atoms with van der Waals surface area (Å²) in [4.78, 5) is 4.36. The molecule has 0 bridgehead atoms. The second kappa shape index (κ2) is 3.08. The van der Waals surface area contributed by atoms with E-state index in [1.165, 1.54) is 5.56 Å². The molecule has 3 nitrogen and oxygen atoms in total. The Labute approximate surface area is 94.7 Å². The van der Waals surface area contributed by atoms with Crippen LogP contribution in [0.2, 0.25) is 0 Å². The molecule has 1 aliphatic carbocycles. The molecule has 0 saturated heterocycles. The van der Waals surface area contributed by atoms with E-state index < -0.39 is 0 Å². The lowest BCUT2D eigenvalue weighted by Crippen LogP contribution is -2.14. The van der Waals surface area contributed by atoms with Gasteiger partial charge in [-0.3, -0.25) is 0 Å². The van der Waals surface area contributed by atoms with Gasteiger partial charge < -0.3 is 9.67 Å². The molecule has 1 aromatic carbocycles. The number of hydrogen-bond donors (Lipinski definition) is 1. The summed E-state index contributed by atoms with van der Waals surface area (Å²) >= 11 is 0. The highest BCUT2D eigenvalue weighted by molar-refractivity contribution is 5.76. The summed E-state index contributed by atoms with van der Waals surface area (Å²) in [5.41, 5.74) is 3.40. The predicted molar refractivity (Wildman–Crippen MR) is 63.3 cm³/mol. The molecule has 0 radical (unpaired) electrons. The van der Waals surface area contributed by atoms with E-state index in [9.17, 15) is 5.11 Å². The zero-order chi connectivity index (χ0) is 11.3. The van der Waals surface area contributed by atoms with Crippen LogP contribution in [0.15, 0.2) is 24.5 Å². The number of aryl methyl sites for hydroxylation is 1. The SMILES string of the molecule is CC1CC1(CO)c1ccc2c(c1)ncn2C. The molecule has 1 saturated carbocycles. The Balaban J connectivity index is 2.12. The fraction of sp³-hybridized carbons (Fsp3) is 0.462. The van der Waals surface area contributed by atoms with Crippen LogP contribution in [-0.2, 0) is 12.5 Å². The largest absolute Gasteiger partial charge is 0.395 e. The molecule has 1 fully saturated rings. The molecule has 0 aliphatic heterocycles. The molecule has 3 rings (SSSR count). The Kier molecular flexibility index (Phi) is 1.89. The number of rotatable bonds is 2. The van der Waals surface area contributed by atoms with Crippen molar-refractivity contribution in [2.45, 2.75) is 18.8 Å². The molecular weight excluding hydrogens is 200 g/mol. The van der Waals surface area contributed by atoms with Crippen molar-refractivity contribution in [3.05, 3.63) is 30.1 Å². The van der Waals surface area contributed by atoms with Crippen molar-refractivity contribution < 1.29 is 5.11 Å². The molecule has 2 aromatic rings. The highest BCUT2D eigenvalue weighted by Gasteiger charge is 2.51. The monoisotopic (exact) mass is 216 g/mol. The smallest absolute Gasteiger partial charge is 0.0955 e. The summed E-state index contributed by atoms with van der Waals surface area (Å²) in [6, 6.07) is 6.35. The third-order valence-electron chi connectivity index (χ3n) is 4.04. The summed E-state index contributed by atoms with van der Waals surface area (Å²) in [7, 11) is 2.00. The standard InChI is InChI=1S/C13H16N2O/c1-9-6-13(9,7-16)10-3-4-12-11(5-10)14-8-15(12)2/h3-5,8-9,16H,6-7H2,1-2H3. The van der Waals surface area contributed by atoms with E-state index in [2.05, 4.69) is 30.1 Å². The number of aliphatic hydroxyl groups excluding tert-OH is 1. The quantitative estimate of drug-likeness (QED) is 0.831. The number of imidazole rings is 1. The second-order valence-electron chi connectivity index (χ2n) is 4.98. The summed E-state index contributed by atoms with van der Waals surface area (Å²) in [6.45, 7) is 2.44. The molecule has 1 aromatic heterocycles. The van der Waals surface area contributed by atoms with Crippen molar-refractivity contribution in [2.24, 2.45) is 13.0 Å². The van der Waals surface area contributed by atoms with Crippen molar-refractivity contribution >= 4 is 11.0 Å². The van der Waals surface area contributed by atoms with Gasteiger partial charge in [-0.25, -0.2) is 4.98 Å². The van der Waals surface area contributed by atoms with E-state index in [1.807, 2.05) is 17.9 Å². The molecule has 16 heavy (non-hydrogen) atoms. The van der Waals surface area contributed by atoms with Gasteiger partial charge in [-0.15, -0.1) is 0 Å². The van der Waals surface area contributed by atoms with Crippen LogP contribution < -0.4 is 0 Å². The van der Waals surface area contributed by atoms with Crippen LogP contribution in [-0.4, -0.2) is 21.3 Å². The molecule has 0 amide bonds. The summed E-state index contributed by atoms with van der Waals surface area (Å²) in [5, 5.41) is 9.53. The van der Waals surface area contributed by atoms with Crippen LogP contribution in [0.25, 0.3) is 11.0 Å². The first-order chi connectivity index (χ1) is 7.67. The fourth-order valence-electron chi connectivity index (χ4n) is 2.65. The minimum absolute atomic E-state index is 0.00567. The van der Waals surface area contributed by atoms with Crippen LogP contribution in [0.1, 0.15) is 18.9 Å². The molecule has 3 heteroatoms. The van der Waals surface area contributed by atoms with E-state index in [4.69, 9.17) is 0 Å². The summed E-state index contributed by atoms with van der Waals surface area (Å²) < 4.78 is 2.01. The molecule has 2 unspecified atom stereocenters. The van der Waals surface area contributed by atoms with Gasteiger partial charge in [0, 0.05) is 12.5 Å². The molecule has 1 aliphatic rings. The Hall–Kier alpha value is -1.35. The van der Waals surface area contributed by atoms with Crippen molar-refractivity contribution in [3.63, 3.8) is 0 Å². The van der Waals surface area contributed by atoms with E-state index >= 15 is 0 Å². The van der Waals surface area contributed by atoms with E-state index in [0.29, 0.717) is 5.92 Å². The average Bonchev–Trinajstić information content (AvgIpc) is 2.84. The van der Waals surface area contributed by atoms with E-state index in [-0.39, 0.29) is 12.0 Å². The number of aliphatic hydroxyl groups is 1. The van der Waals surface area contributed by atoms with Crippen LogP contribution in [0.5, 0.6) is 0 Å². The molecule has 0 spiro atoms. The number of hydrogen-bond acceptors (Lipinski definition) is 2.